The first-order valence-corrected chi connectivity index (χ1v) is 7.02. The molecule has 1 unspecified atom stereocenters. The van der Waals surface area contributed by atoms with Gasteiger partial charge in [-0.3, -0.25) is 4.98 Å². The van der Waals surface area contributed by atoms with Gasteiger partial charge >= 0.3 is 0 Å². The standard InChI is InChI=1S/C13H12Br2N2O/c14-9-1-4-11(5-2-9)17-13(8-18)12-6-3-10(15)7-16-12/h1-7,13,17-18H,8H2. The van der Waals surface area contributed by atoms with E-state index in [1.54, 1.807) is 6.20 Å². The molecule has 0 aliphatic rings. The van der Waals surface area contributed by atoms with Crippen LogP contribution in [0.15, 0.2) is 51.5 Å². The lowest BCUT2D eigenvalue weighted by Gasteiger charge is -2.17. The summed E-state index contributed by atoms with van der Waals surface area (Å²) in [5.74, 6) is 0. The smallest absolute Gasteiger partial charge is 0.0917 e. The van der Waals surface area contributed by atoms with E-state index >= 15 is 0 Å². The number of benzene rings is 1. The van der Waals surface area contributed by atoms with Crippen LogP contribution in [0, 0.1) is 0 Å². The van der Waals surface area contributed by atoms with Crippen LogP contribution in [0.2, 0.25) is 0 Å². The van der Waals surface area contributed by atoms with Gasteiger partial charge in [0.25, 0.3) is 0 Å². The quantitative estimate of drug-likeness (QED) is 0.860. The first-order valence-electron chi connectivity index (χ1n) is 5.43. The van der Waals surface area contributed by atoms with E-state index in [-0.39, 0.29) is 12.6 Å². The highest BCUT2D eigenvalue weighted by Crippen LogP contribution is 2.20. The number of rotatable bonds is 4. The van der Waals surface area contributed by atoms with E-state index in [4.69, 9.17) is 0 Å². The summed E-state index contributed by atoms with van der Waals surface area (Å²) in [5.41, 5.74) is 1.76. The van der Waals surface area contributed by atoms with Crippen molar-refractivity contribution >= 4 is 37.5 Å². The van der Waals surface area contributed by atoms with E-state index < -0.39 is 0 Å². The maximum atomic E-state index is 9.44. The van der Waals surface area contributed by atoms with Crippen LogP contribution in [0.25, 0.3) is 0 Å². The van der Waals surface area contributed by atoms with E-state index in [0.717, 1.165) is 20.3 Å². The summed E-state index contributed by atoms with van der Waals surface area (Å²) in [4.78, 5) is 4.28. The van der Waals surface area contributed by atoms with Crippen molar-refractivity contribution in [1.29, 1.82) is 0 Å². The number of nitrogens with zero attached hydrogens (tertiary/aromatic N) is 1. The molecule has 0 aliphatic carbocycles. The fourth-order valence-electron chi connectivity index (χ4n) is 1.55. The second-order valence-electron chi connectivity index (χ2n) is 3.79. The predicted octanol–water partition coefficient (Wildman–Crippen LogP) is 3.75. The van der Waals surface area contributed by atoms with Crippen LogP contribution in [-0.2, 0) is 0 Å². The number of anilines is 1. The third-order valence-electron chi connectivity index (χ3n) is 2.47. The topological polar surface area (TPSA) is 45.1 Å². The Balaban J connectivity index is 2.14. The zero-order valence-corrected chi connectivity index (χ0v) is 12.6. The second kappa shape index (κ2) is 6.31. The Bertz CT molecular complexity index is 499. The zero-order chi connectivity index (χ0) is 13.0. The predicted molar refractivity (Wildman–Crippen MR) is 79.5 cm³/mol. The van der Waals surface area contributed by atoms with E-state index in [1.165, 1.54) is 0 Å². The lowest BCUT2D eigenvalue weighted by Crippen LogP contribution is -2.16. The number of hydrogen-bond donors (Lipinski definition) is 2. The lowest BCUT2D eigenvalue weighted by molar-refractivity contribution is 0.274. The molecule has 1 atom stereocenters. The molecule has 2 N–H and O–H groups in total. The molecule has 0 fully saturated rings. The minimum absolute atomic E-state index is 0.00923. The Morgan fingerprint density at radius 2 is 1.72 bits per heavy atom. The number of aliphatic hydroxyl groups excluding tert-OH is 1. The Labute approximate surface area is 123 Å². The molecule has 0 spiro atoms. The van der Waals surface area contributed by atoms with Crippen molar-refractivity contribution in [3.63, 3.8) is 0 Å². The molecule has 0 amide bonds. The zero-order valence-electron chi connectivity index (χ0n) is 9.48. The molecular weight excluding hydrogens is 360 g/mol. The molecule has 2 rings (SSSR count). The largest absolute Gasteiger partial charge is 0.394 e. The fraction of sp³-hybridized carbons (Fsp3) is 0.154. The second-order valence-corrected chi connectivity index (χ2v) is 5.62. The van der Waals surface area contributed by atoms with Gasteiger partial charge in [0.05, 0.1) is 18.3 Å². The summed E-state index contributed by atoms with van der Waals surface area (Å²) in [7, 11) is 0. The van der Waals surface area contributed by atoms with Crippen molar-refractivity contribution in [2.45, 2.75) is 6.04 Å². The van der Waals surface area contributed by atoms with Crippen LogP contribution >= 0.6 is 31.9 Å². The highest BCUT2D eigenvalue weighted by molar-refractivity contribution is 9.10. The van der Waals surface area contributed by atoms with Crippen LogP contribution in [0.3, 0.4) is 0 Å². The van der Waals surface area contributed by atoms with Gasteiger partial charge < -0.3 is 10.4 Å². The third-order valence-corrected chi connectivity index (χ3v) is 3.47. The summed E-state index contributed by atoms with van der Waals surface area (Å²) in [6.07, 6.45) is 1.72. The van der Waals surface area contributed by atoms with Gasteiger partial charge in [0.15, 0.2) is 0 Å². The van der Waals surface area contributed by atoms with E-state index in [1.807, 2.05) is 36.4 Å². The Hall–Kier alpha value is -0.910. The molecule has 1 aromatic heterocycles. The number of halogens is 2. The van der Waals surface area contributed by atoms with Gasteiger partial charge in [-0.05, 0) is 52.3 Å². The molecule has 0 bridgehead atoms. The van der Waals surface area contributed by atoms with Crippen molar-refractivity contribution in [2.75, 3.05) is 11.9 Å². The Morgan fingerprint density at radius 1 is 1.06 bits per heavy atom. The average molecular weight is 372 g/mol. The van der Waals surface area contributed by atoms with Crippen LogP contribution in [0.1, 0.15) is 11.7 Å². The Kier molecular flexibility index (Phi) is 4.74. The first-order chi connectivity index (χ1) is 8.69. The van der Waals surface area contributed by atoms with Crippen LogP contribution in [0.4, 0.5) is 5.69 Å². The SMILES string of the molecule is OCC(Nc1ccc(Br)cc1)c1ccc(Br)cn1. The van der Waals surface area contributed by atoms with Crippen molar-refractivity contribution < 1.29 is 5.11 Å². The average Bonchev–Trinajstić information content (AvgIpc) is 2.39. The molecule has 1 heterocycles. The minimum atomic E-state index is -0.209. The number of aliphatic hydroxyl groups is 1. The van der Waals surface area contributed by atoms with Crippen LogP contribution < -0.4 is 5.32 Å². The Morgan fingerprint density at radius 3 is 2.28 bits per heavy atom. The molecule has 0 aliphatic heterocycles. The van der Waals surface area contributed by atoms with Gasteiger partial charge in [-0.2, -0.15) is 0 Å². The van der Waals surface area contributed by atoms with Gasteiger partial charge in [0.2, 0.25) is 0 Å². The third kappa shape index (κ3) is 3.54. The van der Waals surface area contributed by atoms with Gasteiger partial charge in [-0.15, -0.1) is 0 Å². The van der Waals surface area contributed by atoms with E-state index in [2.05, 4.69) is 42.2 Å². The summed E-state index contributed by atoms with van der Waals surface area (Å²) >= 11 is 6.73. The summed E-state index contributed by atoms with van der Waals surface area (Å²) in [5, 5.41) is 12.7. The molecule has 2 aromatic rings. The van der Waals surface area contributed by atoms with Crippen molar-refractivity contribution in [3.05, 3.63) is 57.2 Å². The highest BCUT2D eigenvalue weighted by atomic mass is 79.9. The summed E-state index contributed by atoms with van der Waals surface area (Å²) < 4.78 is 1.95. The van der Waals surface area contributed by atoms with E-state index in [9.17, 15) is 5.11 Å². The molecule has 0 radical (unpaired) electrons. The molecule has 1 aromatic carbocycles. The van der Waals surface area contributed by atoms with Gasteiger partial charge in [-0.1, -0.05) is 15.9 Å². The van der Waals surface area contributed by atoms with E-state index in [0.29, 0.717) is 0 Å². The number of hydrogen-bond acceptors (Lipinski definition) is 3. The summed E-state index contributed by atoms with van der Waals surface area (Å²) in [6, 6.07) is 11.4. The summed E-state index contributed by atoms with van der Waals surface area (Å²) in [6.45, 7) is -0.00923. The molecule has 94 valence electrons. The van der Waals surface area contributed by atoms with Crippen molar-refractivity contribution in [2.24, 2.45) is 0 Å². The molecule has 0 saturated heterocycles. The number of pyridine rings is 1. The van der Waals surface area contributed by atoms with Crippen molar-refractivity contribution in [3.8, 4) is 0 Å². The van der Waals surface area contributed by atoms with Crippen LogP contribution in [0.5, 0.6) is 0 Å². The number of aromatic nitrogens is 1. The minimum Gasteiger partial charge on any atom is -0.394 e. The van der Waals surface area contributed by atoms with Gasteiger partial charge in [0, 0.05) is 20.8 Å². The van der Waals surface area contributed by atoms with Crippen molar-refractivity contribution in [1.82, 2.24) is 4.98 Å². The molecule has 0 saturated carbocycles. The molecule has 18 heavy (non-hydrogen) atoms. The normalized spacial score (nSPS) is 12.2. The van der Waals surface area contributed by atoms with Crippen LogP contribution in [-0.4, -0.2) is 16.7 Å². The maximum Gasteiger partial charge on any atom is 0.0917 e. The molecular formula is C13H12Br2N2O. The number of nitrogens with one attached hydrogen (secondary N) is 1. The first kappa shape index (κ1) is 13.5. The van der Waals surface area contributed by atoms with Gasteiger partial charge in [0.1, 0.15) is 0 Å². The monoisotopic (exact) mass is 370 g/mol. The van der Waals surface area contributed by atoms with Gasteiger partial charge in [-0.25, -0.2) is 0 Å². The highest BCUT2D eigenvalue weighted by Gasteiger charge is 2.11. The molecule has 5 heteroatoms. The fourth-order valence-corrected chi connectivity index (χ4v) is 2.05. The maximum absolute atomic E-state index is 9.44. The lowest BCUT2D eigenvalue weighted by atomic mass is 10.2. The molecule has 3 nitrogen and oxygen atoms in total.